The molecule has 4 N–H and O–H groups in total. The molecule has 0 bridgehead atoms. The molecule has 4 rings (SSSR count). The van der Waals surface area contributed by atoms with Gasteiger partial charge >= 0.3 is 0 Å². The Balaban J connectivity index is 2.10. The van der Waals surface area contributed by atoms with E-state index in [1.807, 2.05) is 6.92 Å². The number of fused-ring (bicyclic) bond motifs is 1. The van der Waals surface area contributed by atoms with Gasteiger partial charge in [-0.1, -0.05) is 17.3 Å². The second-order valence-corrected chi connectivity index (χ2v) is 7.62. The zero-order valence-electron chi connectivity index (χ0n) is 18.0. The van der Waals surface area contributed by atoms with Crippen molar-refractivity contribution in [1.29, 1.82) is 0 Å². The summed E-state index contributed by atoms with van der Waals surface area (Å²) >= 11 is 0. The zero-order chi connectivity index (χ0) is 24.4. The van der Waals surface area contributed by atoms with E-state index in [4.69, 9.17) is 5.73 Å². The number of nitrogens with two attached hydrogens (primary N) is 1. The molecular weight excluding hydrogens is 446 g/mol. The quantitative estimate of drug-likeness (QED) is 0.281. The van der Waals surface area contributed by atoms with Crippen molar-refractivity contribution in [2.75, 3.05) is 24.2 Å². The topological polar surface area (TPSA) is 135 Å². The fourth-order valence-corrected chi connectivity index (χ4v) is 3.62. The van der Waals surface area contributed by atoms with Gasteiger partial charge in [0.05, 0.1) is 18.3 Å². The minimum absolute atomic E-state index is 0.0804. The van der Waals surface area contributed by atoms with Crippen LogP contribution in [0.15, 0.2) is 58.5 Å². The van der Waals surface area contributed by atoms with E-state index < -0.39 is 35.5 Å². The normalized spacial score (nSPS) is 12.0. The standard InChI is InChI=1S/C23H20F2N6O3/c1-12-5-6-13(26)9-16(12)20-15-7-8-19(33)31(21-17(24)3-2-4-18(21)25)22(15)30-23(29-20)28-14(11-32)10-27-34/h2-9,14,32H,10-11,26H2,1H3,(H,28,29,30). The maximum absolute atomic E-state index is 14.7. The highest BCUT2D eigenvalue weighted by molar-refractivity contribution is 5.93. The lowest BCUT2D eigenvalue weighted by molar-refractivity contribution is 0.276. The highest BCUT2D eigenvalue weighted by Gasteiger charge is 2.21. The molecule has 2 aromatic heterocycles. The second-order valence-electron chi connectivity index (χ2n) is 7.62. The number of nitrogens with one attached hydrogen (secondary N) is 1. The van der Waals surface area contributed by atoms with Gasteiger partial charge in [0.1, 0.15) is 23.9 Å². The number of halogens is 2. The van der Waals surface area contributed by atoms with Crippen molar-refractivity contribution < 1.29 is 13.9 Å². The minimum atomic E-state index is -0.956. The van der Waals surface area contributed by atoms with E-state index in [0.29, 0.717) is 22.3 Å². The molecule has 11 heteroatoms. The van der Waals surface area contributed by atoms with Gasteiger partial charge in [-0.15, -0.1) is 0 Å². The number of benzene rings is 2. The molecule has 0 fully saturated rings. The van der Waals surface area contributed by atoms with Crippen molar-refractivity contribution in [2.24, 2.45) is 5.18 Å². The van der Waals surface area contributed by atoms with Crippen LogP contribution in [-0.2, 0) is 0 Å². The van der Waals surface area contributed by atoms with Gasteiger partial charge in [-0.25, -0.2) is 13.8 Å². The van der Waals surface area contributed by atoms with Gasteiger partial charge in [0.25, 0.3) is 5.56 Å². The van der Waals surface area contributed by atoms with Crippen LogP contribution >= 0.6 is 0 Å². The molecule has 0 aliphatic rings. The summed E-state index contributed by atoms with van der Waals surface area (Å²) in [4.78, 5) is 32.4. The van der Waals surface area contributed by atoms with Crippen molar-refractivity contribution in [3.05, 3.63) is 81.0 Å². The molecule has 1 unspecified atom stereocenters. The molecule has 0 spiro atoms. The van der Waals surface area contributed by atoms with E-state index in [1.165, 1.54) is 18.2 Å². The Kier molecular flexibility index (Phi) is 6.28. The summed E-state index contributed by atoms with van der Waals surface area (Å²) in [5.41, 5.74) is 6.77. The number of aromatic nitrogens is 3. The van der Waals surface area contributed by atoms with Crippen LogP contribution in [0, 0.1) is 23.5 Å². The maximum atomic E-state index is 14.7. The van der Waals surface area contributed by atoms with Gasteiger partial charge in [-0.2, -0.15) is 9.89 Å². The van der Waals surface area contributed by atoms with Crippen LogP contribution in [0.2, 0.25) is 0 Å². The van der Waals surface area contributed by atoms with Crippen LogP contribution in [0.25, 0.3) is 28.0 Å². The molecule has 0 amide bonds. The van der Waals surface area contributed by atoms with E-state index in [1.54, 1.807) is 18.2 Å². The maximum Gasteiger partial charge on any atom is 0.256 e. The Morgan fingerprint density at radius 1 is 1.15 bits per heavy atom. The van der Waals surface area contributed by atoms with Crippen LogP contribution in [-0.4, -0.2) is 38.8 Å². The largest absolute Gasteiger partial charge is 0.399 e. The van der Waals surface area contributed by atoms with Crippen LogP contribution in [0.5, 0.6) is 0 Å². The first kappa shape index (κ1) is 22.9. The average molecular weight is 466 g/mol. The molecule has 2 heterocycles. The molecule has 34 heavy (non-hydrogen) atoms. The van der Waals surface area contributed by atoms with Crippen LogP contribution < -0.4 is 16.6 Å². The number of anilines is 2. The number of aryl methyl sites for hydroxylation is 1. The molecule has 4 aromatic rings. The second kappa shape index (κ2) is 9.32. The van der Waals surface area contributed by atoms with Crippen molar-refractivity contribution >= 4 is 22.7 Å². The Morgan fingerprint density at radius 3 is 2.56 bits per heavy atom. The number of hydrogen-bond donors (Lipinski definition) is 3. The summed E-state index contributed by atoms with van der Waals surface area (Å²) in [6, 6.07) is 10.2. The van der Waals surface area contributed by atoms with Crippen molar-refractivity contribution in [3.63, 3.8) is 0 Å². The van der Waals surface area contributed by atoms with Crippen molar-refractivity contribution in [2.45, 2.75) is 13.0 Å². The van der Waals surface area contributed by atoms with Crippen molar-refractivity contribution in [1.82, 2.24) is 14.5 Å². The summed E-state index contributed by atoms with van der Waals surface area (Å²) in [5, 5.41) is 15.5. The monoisotopic (exact) mass is 466 g/mol. The Morgan fingerprint density at radius 2 is 1.88 bits per heavy atom. The summed E-state index contributed by atoms with van der Waals surface area (Å²) in [6.45, 7) is 1.09. The van der Waals surface area contributed by atoms with E-state index >= 15 is 0 Å². The Hall–Kier alpha value is -4.25. The number of rotatable bonds is 7. The highest BCUT2D eigenvalue weighted by Crippen LogP contribution is 2.32. The Bertz CT molecular complexity index is 1440. The third kappa shape index (κ3) is 4.20. The molecule has 0 saturated heterocycles. The molecule has 0 saturated carbocycles. The number of nitroso groups, excluding NO2 is 1. The number of nitrogens with zero attached hydrogens (tertiary/aromatic N) is 4. The lowest BCUT2D eigenvalue weighted by atomic mass is 10.0. The Labute approximate surface area is 191 Å². The average Bonchev–Trinajstić information content (AvgIpc) is 2.81. The molecule has 9 nitrogen and oxygen atoms in total. The van der Waals surface area contributed by atoms with E-state index in [0.717, 1.165) is 22.3 Å². The van der Waals surface area contributed by atoms with Crippen molar-refractivity contribution in [3.8, 4) is 16.9 Å². The minimum Gasteiger partial charge on any atom is -0.399 e. The number of aliphatic hydroxyl groups is 1. The van der Waals surface area contributed by atoms with Crippen LogP contribution in [0.4, 0.5) is 20.4 Å². The van der Waals surface area contributed by atoms with Crippen LogP contribution in [0.1, 0.15) is 5.56 Å². The predicted octanol–water partition coefficient (Wildman–Crippen LogP) is 3.16. The first-order valence-electron chi connectivity index (χ1n) is 10.2. The molecular formula is C23H20F2N6O3. The lowest BCUT2D eigenvalue weighted by Gasteiger charge is -2.18. The van der Waals surface area contributed by atoms with Gasteiger partial charge in [0, 0.05) is 22.7 Å². The van der Waals surface area contributed by atoms with Gasteiger partial charge in [-0.05, 0) is 42.8 Å². The third-order valence-electron chi connectivity index (χ3n) is 5.28. The third-order valence-corrected chi connectivity index (χ3v) is 5.28. The van der Waals surface area contributed by atoms with E-state index in [9.17, 15) is 23.6 Å². The summed E-state index contributed by atoms with van der Waals surface area (Å²) in [6.07, 6.45) is 0. The molecule has 0 aliphatic carbocycles. The predicted molar refractivity (Wildman–Crippen MR) is 125 cm³/mol. The number of pyridine rings is 1. The zero-order valence-corrected chi connectivity index (χ0v) is 18.0. The smallest absolute Gasteiger partial charge is 0.256 e. The highest BCUT2D eigenvalue weighted by atomic mass is 19.1. The fourth-order valence-electron chi connectivity index (χ4n) is 3.62. The molecule has 174 valence electrons. The number of para-hydroxylation sites is 1. The molecule has 0 aliphatic heterocycles. The first-order valence-corrected chi connectivity index (χ1v) is 10.2. The van der Waals surface area contributed by atoms with Gasteiger partial charge in [-0.3, -0.25) is 9.36 Å². The summed E-state index contributed by atoms with van der Waals surface area (Å²) < 4.78 is 30.2. The van der Waals surface area contributed by atoms with E-state index in [-0.39, 0.29) is 18.1 Å². The molecule has 2 aromatic carbocycles. The first-order chi connectivity index (χ1) is 16.3. The number of hydrogen-bond acceptors (Lipinski definition) is 8. The van der Waals surface area contributed by atoms with Crippen LogP contribution in [0.3, 0.4) is 0 Å². The number of aliphatic hydroxyl groups excluding tert-OH is 1. The number of nitrogen functional groups attached to an aromatic ring is 1. The summed E-state index contributed by atoms with van der Waals surface area (Å²) in [7, 11) is 0. The van der Waals surface area contributed by atoms with Gasteiger partial charge < -0.3 is 16.2 Å². The SMILES string of the molecule is Cc1ccc(N)cc1-c1nc(NC(CO)CN=O)nc2c1ccc(=O)n2-c1c(F)cccc1F. The van der Waals surface area contributed by atoms with Gasteiger partial charge in [0.2, 0.25) is 5.95 Å². The summed E-state index contributed by atoms with van der Waals surface area (Å²) in [5.74, 6) is -1.99. The van der Waals surface area contributed by atoms with E-state index in [2.05, 4.69) is 20.5 Å². The fraction of sp³-hybridized carbons (Fsp3) is 0.174. The molecule has 1 atom stereocenters. The molecule has 0 radical (unpaired) electrons. The van der Waals surface area contributed by atoms with Gasteiger partial charge in [0.15, 0.2) is 5.65 Å². The lowest BCUT2D eigenvalue weighted by Crippen LogP contribution is -2.28.